The van der Waals surface area contributed by atoms with Gasteiger partial charge in [0, 0.05) is 32.8 Å². The second kappa shape index (κ2) is 9.46. The molecule has 1 amide bonds. The molecule has 6 heteroatoms. The van der Waals surface area contributed by atoms with Crippen molar-refractivity contribution >= 4 is 11.7 Å². The van der Waals surface area contributed by atoms with Gasteiger partial charge in [0.1, 0.15) is 17.3 Å². The Balaban J connectivity index is 1.59. The zero-order valence-electron chi connectivity index (χ0n) is 16.1. The molecule has 2 aromatic rings. The number of carbonyl (C=O) groups is 1. The molecule has 0 saturated carbocycles. The van der Waals surface area contributed by atoms with Crippen molar-refractivity contribution in [2.24, 2.45) is 5.92 Å². The van der Waals surface area contributed by atoms with Crippen LogP contribution in [0.5, 0.6) is 0 Å². The van der Waals surface area contributed by atoms with Gasteiger partial charge in [-0.3, -0.25) is 4.79 Å². The number of benzene rings is 1. The summed E-state index contributed by atoms with van der Waals surface area (Å²) in [7, 11) is 1.61. The fourth-order valence-electron chi connectivity index (χ4n) is 3.50. The Kier molecular flexibility index (Phi) is 6.76. The fraction of sp³-hybridized carbons (Fsp3) is 0.476. The summed E-state index contributed by atoms with van der Waals surface area (Å²) in [6, 6.07) is 12.5. The van der Waals surface area contributed by atoms with Crippen LogP contribution in [0, 0.1) is 12.8 Å². The van der Waals surface area contributed by atoms with Crippen LogP contribution in [0.3, 0.4) is 0 Å². The molecule has 0 unspecified atom stereocenters. The molecule has 3 rings (SSSR count). The summed E-state index contributed by atoms with van der Waals surface area (Å²) in [6.45, 7) is 4.70. The molecule has 0 atom stereocenters. The number of nitrogens with zero attached hydrogens (tertiary/aromatic N) is 3. The van der Waals surface area contributed by atoms with Gasteiger partial charge in [0.15, 0.2) is 0 Å². The molecule has 1 fully saturated rings. The largest absolute Gasteiger partial charge is 0.383 e. The number of hydrogen-bond acceptors (Lipinski definition) is 5. The van der Waals surface area contributed by atoms with Gasteiger partial charge < -0.3 is 15.0 Å². The summed E-state index contributed by atoms with van der Waals surface area (Å²) >= 11 is 0. The molecular formula is C21H28N4O2. The highest BCUT2D eigenvalue weighted by molar-refractivity contribution is 5.92. The first-order chi connectivity index (χ1) is 13.2. The van der Waals surface area contributed by atoms with E-state index in [1.807, 2.05) is 6.92 Å². The number of amides is 1. The van der Waals surface area contributed by atoms with E-state index in [9.17, 15) is 4.79 Å². The topological polar surface area (TPSA) is 67.3 Å². The molecule has 6 nitrogen and oxygen atoms in total. The van der Waals surface area contributed by atoms with Crippen LogP contribution < -0.4 is 10.2 Å². The van der Waals surface area contributed by atoms with Gasteiger partial charge in [-0.05, 0) is 37.7 Å². The molecule has 27 heavy (non-hydrogen) atoms. The van der Waals surface area contributed by atoms with Crippen LogP contribution in [-0.2, 0) is 11.2 Å². The van der Waals surface area contributed by atoms with E-state index >= 15 is 0 Å². The smallest absolute Gasteiger partial charge is 0.270 e. The van der Waals surface area contributed by atoms with Gasteiger partial charge in [-0.15, -0.1) is 0 Å². The van der Waals surface area contributed by atoms with Crippen LogP contribution in [0.15, 0.2) is 36.4 Å². The quantitative estimate of drug-likeness (QED) is 0.761. The van der Waals surface area contributed by atoms with E-state index in [0.29, 0.717) is 30.6 Å². The van der Waals surface area contributed by atoms with Gasteiger partial charge in [0.2, 0.25) is 0 Å². The Morgan fingerprint density at radius 1 is 1.22 bits per heavy atom. The third-order valence-corrected chi connectivity index (χ3v) is 4.95. The van der Waals surface area contributed by atoms with Crippen LogP contribution >= 0.6 is 0 Å². The number of carbonyl (C=O) groups excluding carboxylic acids is 1. The normalized spacial score (nSPS) is 15.0. The Morgan fingerprint density at radius 3 is 2.67 bits per heavy atom. The Morgan fingerprint density at radius 2 is 1.96 bits per heavy atom. The maximum Gasteiger partial charge on any atom is 0.270 e. The zero-order chi connectivity index (χ0) is 19.1. The predicted molar refractivity (Wildman–Crippen MR) is 106 cm³/mol. The standard InChI is InChI=1S/C21H28N4O2/c1-16-23-19(21(26)22-10-13-27-2)15-20(24-16)25-11-8-18(9-12-25)14-17-6-4-3-5-7-17/h3-7,15,18H,8-14H2,1-2H3,(H,22,26). The molecule has 1 aromatic heterocycles. The number of rotatable bonds is 7. The van der Waals surface area contributed by atoms with Gasteiger partial charge >= 0.3 is 0 Å². The molecule has 1 aliphatic rings. The molecule has 2 heterocycles. The monoisotopic (exact) mass is 368 g/mol. The van der Waals surface area contributed by atoms with Gasteiger partial charge in [-0.25, -0.2) is 9.97 Å². The second-order valence-corrected chi connectivity index (χ2v) is 7.03. The van der Waals surface area contributed by atoms with E-state index < -0.39 is 0 Å². The molecule has 1 aliphatic heterocycles. The lowest BCUT2D eigenvalue weighted by atomic mass is 9.90. The Labute approximate surface area is 161 Å². The van der Waals surface area contributed by atoms with Crippen LogP contribution in [0.4, 0.5) is 5.82 Å². The van der Waals surface area contributed by atoms with Crippen molar-refractivity contribution in [1.29, 1.82) is 0 Å². The van der Waals surface area contributed by atoms with Crippen molar-refractivity contribution in [2.45, 2.75) is 26.2 Å². The maximum atomic E-state index is 12.3. The minimum Gasteiger partial charge on any atom is -0.383 e. The van der Waals surface area contributed by atoms with E-state index in [0.717, 1.165) is 38.2 Å². The highest BCUT2D eigenvalue weighted by Crippen LogP contribution is 2.25. The predicted octanol–water partition coefficient (Wildman–Crippen LogP) is 2.62. The van der Waals surface area contributed by atoms with Crippen molar-refractivity contribution in [2.75, 3.05) is 38.3 Å². The SMILES string of the molecule is COCCNC(=O)c1cc(N2CCC(Cc3ccccc3)CC2)nc(C)n1. The highest BCUT2D eigenvalue weighted by atomic mass is 16.5. The average Bonchev–Trinajstić information content (AvgIpc) is 2.69. The lowest BCUT2D eigenvalue weighted by molar-refractivity contribution is 0.0931. The average molecular weight is 368 g/mol. The van der Waals surface area contributed by atoms with Gasteiger partial charge in [-0.2, -0.15) is 0 Å². The zero-order valence-corrected chi connectivity index (χ0v) is 16.1. The van der Waals surface area contributed by atoms with Crippen molar-refractivity contribution in [3.05, 3.63) is 53.5 Å². The third-order valence-electron chi connectivity index (χ3n) is 4.95. The summed E-state index contributed by atoms with van der Waals surface area (Å²) in [6.07, 6.45) is 3.39. The van der Waals surface area contributed by atoms with Gasteiger partial charge in [0.25, 0.3) is 5.91 Å². The van der Waals surface area contributed by atoms with Crippen LogP contribution in [0.25, 0.3) is 0 Å². The van der Waals surface area contributed by atoms with Gasteiger partial charge in [0.05, 0.1) is 6.61 Å². The van der Waals surface area contributed by atoms with Crippen molar-refractivity contribution in [1.82, 2.24) is 15.3 Å². The number of nitrogens with one attached hydrogen (secondary N) is 1. The van der Waals surface area contributed by atoms with Gasteiger partial charge in [-0.1, -0.05) is 30.3 Å². The minimum atomic E-state index is -0.183. The molecule has 144 valence electrons. The van der Waals surface area contributed by atoms with E-state index in [1.54, 1.807) is 13.2 Å². The van der Waals surface area contributed by atoms with Crippen LogP contribution in [-0.4, -0.2) is 49.2 Å². The molecular weight excluding hydrogens is 340 g/mol. The fourth-order valence-corrected chi connectivity index (χ4v) is 3.50. The lowest BCUT2D eigenvalue weighted by Gasteiger charge is -2.33. The Bertz CT molecular complexity index is 743. The van der Waals surface area contributed by atoms with Crippen LogP contribution in [0.1, 0.15) is 34.7 Å². The summed E-state index contributed by atoms with van der Waals surface area (Å²) in [5, 5.41) is 2.82. The van der Waals surface area contributed by atoms with E-state index in [4.69, 9.17) is 4.74 Å². The molecule has 0 aliphatic carbocycles. The number of methoxy groups -OCH3 is 1. The summed E-state index contributed by atoms with van der Waals surface area (Å²) in [5.74, 6) is 1.98. The van der Waals surface area contributed by atoms with Crippen molar-refractivity contribution in [3.63, 3.8) is 0 Å². The number of hydrogen-bond donors (Lipinski definition) is 1. The maximum absolute atomic E-state index is 12.3. The molecule has 1 saturated heterocycles. The minimum absolute atomic E-state index is 0.183. The van der Waals surface area contributed by atoms with Crippen molar-refractivity contribution < 1.29 is 9.53 Å². The summed E-state index contributed by atoms with van der Waals surface area (Å²) in [4.78, 5) is 23.4. The molecule has 0 radical (unpaired) electrons. The van der Waals surface area contributed by atoms with E-state index in [1.165, 1.54) is 5.56 Å². The molecule has 1 N–H and O–H groups in total. The highest BCUT2D eigenvalue weighted by Gasteiger charge is 2.22. The third kappa shape index (κ3) is 5.50. The van der Waals surface area contributed by atoms with Crippen LogP contribution in [0.2, 0.25) is 0 Å². The first kappa shape index (κ1) is 19.3. The molecule has 0 bridgehead atoms. The summed E-state index contributed by atoms with van der Waals surface area (Å²) in [5.41, 5.74) is 1.82. The first-order valence-corrected chi connectivity index (χ1v) is 9.57. The first-order valence-electron chi connectivity index (χ1n) is 9.57. The summed E-state index contributed by atoms with van der Waals surface area (Å²) < 4.78 is 4.97. The number of anilines is 1. The number of aromatic nitrogens is 2. The van der Waals surface area contributed by atoms with Crippen molar-refractivity contribution in [3.8, 4) is 0 Å². The van der Waals surface area contributed by atoms with E-state index in [2.05, 4.69) is 50.5 Å². The Hall–Kier alpha value is -2.47. The molecule has 0 spiro atoms. The number of ether oxygens (including phenoxy) is 1. The lowest BCUT2D eigenvalue weighted by Crippen LogP contribution is -2.35. The number of aryl methyl sites for hydroxylation is 1. The van der Waals surface area contributed by atoms with E-state index in [-0.39, 0.29) is 5.91 Å². The molecule has 1 aromatic carbocycles. The second-order valence-electron chi connectivity index (χ2n) is 7.03. The number of piperidine rings is 1.